The Hall–Kier alpha value is -1.02. The summed E-state index contributed by atoms with van der Waals surface area (Å²) in [5, 5.41) is 0. The number of para-hydroxylation sites is 1. The summed E-state index contributed by atoms with van der Waals surface area (Å²) in [6, 6.07) is 9.72. The van der Waals surface area contributed by atoms with Crippen LogP contribution in [0.1, 0.15) is 51.0 Å². The first kappa shape index (κ1) is 14.9. The highest BCUT2D eigenvalue weighted by atomic mass is 15.2. The van der Waals surface area contributed by atoms with Crippen LogP contribution in [0.3, 0.4) is 0 Å². The van der Waals surface area contributed by atoms with Crippen molar-refractivity contribution in [1.82, 2.24) is 0 Å². The lowest BCUT2D eigenvalue weighted by molar-refractivity contribution is 0.227. The molecule has 1 aromatic carbocycles. The van der Waals surface area contributed by atoms with Gasteiger partial charge in [-0.3, -0.25) is 0 Å². The van der Waals surface area contributed by atoms with Crippen LogP contribution in [0.5, 0.6) is 0 Å². The van der Waals surface area contributed by atoms with E-state index in [4.69, 9.17) is 5.73 Å². The number of hydrogen-bond acceptors (Lipinski definition) is 2. The van der Waals surface area contributed by atoms with Crippen LogP contribution >= 0.6 is 0 Å². The molecule has 0 saturated heterocycles. The molecule has 0 bridgehead atoms. The van der Waals surface area contributed by atoms with Crippen molar-refractivity contribution < 1.29 is 0 Å². The van der Waals surface area contributed by atoms with Gasteiger partial charge in [-0.25, -0.2) is 0 Å². The Labute approximate surface area is 129 Å². The van der Waals surface area contributed by atoms with Gasteiger partial charge in [0.05, 0.1) is 0 Å². The zero-order chi connectivity index (χ0) is 14.7. The van der Waals surface area contributed by atoms with Crippen molar-refractivity contribution in [3.63, 3.8) is 0 Å². The number of fused-ring (bicyclic) bond motifs is 1. The lowest BCUT2D eigenvalue weighted by Gasteiger charge is -2.44. The minimum absolute atomic E-state index is 0.660. The summed E-state index contributed by atoms with van der Waals surface area (Å²) in [5.74, 6) is 1.58. The Bertz CT molecular complexity index is 457. The van der Waals surface area contributed by atoms with E-state index in [0.717, 1.165) is 12.5 Å². The monoisotopic (exact) mass is 286 g/mol. The van der Waals surface area contributed by atoms with Gasteiger partial charge in [-0.05, 0) is 68.5 Å². The molecule has 2 nitrogen and oxygen atoms in total. The maximum absolute atomic E-state index is 6.12. The van der Waals surface area contributed by atoms with E-state index in [9.17, 15) is 0 Å². The van der Waals surface area contributed by atoms with Gasteiger partial charge in [0.25, 0.3) is 0 Å². The Morgan fingerprint density at radius 1 is 1.19 bits per heavy atom. The summed E-state index contributed by atoms with van der Waals surface area (Å²) in [4.78, 5) is 2.72. The molecule has 0 aromatic heterocycles. The Kier molecular flexibility index (Phi) is 4.84. The third-order valence-electron chi connectivity index (χ3n) is 5.74. The predicted molar refractivity (Wildman–Crippen MR) is 90.7 cm³/mol. The molecule has 0 amide bonds. The van der Waals surface area contributed by atoms with E-state index in [0.29, 0.717) is 12.0 Å². The lowest BCUT2D eigenvalue weighted by atomic mass is 9.76. The normalized spacial score (nSPS) is 29.8. The number of hydrogen-bond donors (Lipinski definition) is 1. The van der Waals surface area contributed by atoms with Crippen LogP contribution in [0.25, 0.3) is 0 Å². The third-order valence-corrected chi connectivity index (χ3v) is 5.74. The fourth-order valence-electron chi connectivity index (χ4n) is 4.39. The first-order valence-electron chi connectivity index (χ1n) is 8.88. The predicted octanol–water partition coefficient (Wildman–Crippen LogP) is 3.98. The number of anilines is 1. The molecule has 0 spiro atoms. The molecule has 116 valence electrons. The van der Waals surface area contributed by atoms with Gasteiger partial charge in [0.15, 0.2) is 0 Å². The molecule has 3 atom stereocenters. The summed E-state index contributed by atoms with van der Waals surface area (Å²) >= 11 is 0. The standard InChI is InChI=1S/C19H30N2/c1-2-15-10-11-17(14-20)19(13-15)21-12-6-5-8-16-7-3-4-9-18(16)21/h3-4,7,9,15,17,19H,2,5-6,8,10-14,20H2,1H3. The summed E-state index contributed by atoms with van der Waals surface area (Å²) in [6.45, 7) is 4.41. The molecular formula is C19H30N2. The zero-order valence-corrected chi connectivity index (χ0v) is 13.4. The summed E-state index contributed by atoms with van der Waals surface area (Å²) in [5.41, 5.74) is 9.16. The fourth-order valence-corrected chi connectivity index (χ4v) is 4.39. The number of rotatable bonds is 3. The third kappa shape index (κ3) is 3.11. The topological polar surface area (TPSA) is 29.3 Å². The number of nitrogens with two attached hydrogens (primary N) is 1. The van der Waals surface area contributed by atoms with Gasteiger partial charge in [0, 0.05) is 18.3 Å². The zero-order valence-electron chi connectivity index (χ0n) is 13.4. The molecule has 2 heteroatoms. The minimum Gasteiger partial charge on any atom is -0.368 e. The molecule has 2 aliphatic rings. The van der Waals surface area contributed by atoms with Crippen molar-refractivity contribution in [2.24, 2.45) is 17.6 Å². The van der Waals surface area contributed by atoms with Crippen LogP contribution in [0.4, 0.5) is 5.69 Å². The van der Waals surface area contributed by atoms with Gasteiger partial charge >= 0.3 is 0 Å². The first-order chi connectivity index (χ1) is 10.3. The van der Waals surface area contributed by atoms with E-state index in [-0.39, 0.29) is 0 Å². The van der Waals surface area contributed by atoms with Crippen LogP contribution in [-0.2, 0) is 6.42 Å². The second-order valence-corrected chi connectivity index (χ2v) is 6.93. The molecule has 1 heterocycles. The molecule has 0 radical (unpaired) electrons. The van der Waals surface area contributed by atoms with Gasteiger partial charge in [-0.1, -0.05) is 31.5 Å². The highest BCUT2D eigenvalue weighted by Gasteiger charge is 2.34. The van der Waals surface area contributed by atoms with Crippen LogP contribution in [0.15, 0.2) is 24.3 Å². The second kappa shape index (κ2) is 6.83. The second-order valence-electron chi connectivity index (χ2n) is 6.93. The molecule has 1 fully saturated rings. The summed E-state index contributed by atoms with van der Waals surface area (Å²) in [6.07, 6.45) is 9.24. The van der Waals surface area contributed by atoms with Gasteiger partial charge in [0.2, 0.25) is 0 Å². The quantitative estimate of drug-likeness (QED) is 0.910. The average Bonchev–Trinajstić information content (AvgIpc) is 2.76. The molecule has 3 rings (SSSR count). The lowest BCUT2D eigenvalue weighted by Crippen LogP contribution is -2.47. The number of aryl methyl sites for hydroxylation is 1. The first-order valence-corrected chi connectivity index (χ1v) is 8.88. The SMILES string of the molecule is CCC1CCC(CN)C(N2CCCCc3ccccc32)C1. The maximum atomic E-state index is 6.12. The largest absolute Gasteiger partial charge is 0.368 e. The molecule has 1 aromatic rings. The maximum Gasteiger partial charge on any atom is 0.0401 e. The highest BCUT2D eigenvalue weighted by Crippen LogP contribution is 2.38. The van der Waals surface area contributed by atoms with E-state index in [2.05, 4.69) is 36.1 Å². The highest BCUT2D eigenvalue weighted by molar-refractivity contribution is 5.55. The number of nitrogens with zero attached hydrogens (tertiary/aromatic N) is 1. The van der Waals surface area contributed by atoms with Crippen LogP contribution < -0.4 is 10.6 Å². The van der Waals surface area contributed by atoms with E-state index >= 15 is 0 Å². The molecule has 2 N–H and O–H groups in total. The van der Waals surface area contributed by atoms with Crippen molar-refractivity contribution in [3.8, 4) is 0 Å². The van der Waals surface area contributed by atoms with Crippen molar-refractivity contribution in [2.75, 3.05) is 18.0 Å². The van der Waals surface area contributed by atoms with E-state index in [1.807, 2.05) is 0 Å². The van der Waals surface area contributed by atoms with E-state index < -0.39 is 0 Å². The van der Waals surface area contributed by atoms with Gasteiger partial charge in [0.1, 0.15) is 0 Å². The van der Waals surface area contributed by atoms with E-state index in [1.54, 1.807) is 5.56 Å². The molecular weight excluding hydrogens is 256 g/mol. The smallest absolute Gasteiger partial charge is 0.0401 e. The minimum atomic E-state index is 0.660. The van der Waals surface area contributed by atoms with Crippen LogP contribution in [0, 0.1) is 11.8 Å². The van der Waals surface area contributed by atoms with Crippen LogP contribution in [0.2, 0.25) is 0 Å². The van der Waals surface area contributed by atoms with Crippen molar-refractivity contribution >= 4 is 5.69 Å². The van der Waals surface area contributed by atoms with Crippen molar-refractivity contribution in [2.45, 2.75) is 57.9 Å². The van der Waals surface area contributed by atoms with Crippen LogP contribution in [-0.4, -0.2) is 19.1 Å². The molecule has 3 unspecified atom stereocenters. The van der Waals surface area contributed by atoms with Crippen molar-refractivity contribution in [3.05, 3.63) is 29.8 Å². The molecule has 21 heavy (non-hydrogen) atoms. The Morgan fingerprint density at radius 2 is 2.05 bits per heavy atom. The Balaban J connectivity index is 1.89. The fraction of sp³-hybridized carbons (Fsp3) is 0.684. The van der Waals surface area contributed by atoms with Gasteiger partial charge in [-0.15, -0.1) is 0 Å². The molecule has 1 aliphatic carbocycles. The molecule has 1 aliphatic heterocycles. The average molecular weight is 286 g/mol. The van der Waals surface area contributed by atoms with Crippen molar-refractivity contribution in [1.29, 1.82) is 0 Å². The van der Waals surface area contributed by atoms with Gasteiger partial charge < -0.3 is 10.6 Å². The Morgan fingerprint density at radius 3 is 2.86 bits per heavy atom. The molecule has 1 saturated carbocycles. The summed E-state index contributed by atoms with van der Waals surface area (Å²) in [7, 11) is 0. The van der Waals surface area contributed by atoms with E-state index in [1.165, 1.54) is 57.2 Å². The number of benzene rings is 1. The summed E-state index contributed by atoms with van der Waals surface area (Å²) < 4.78 is 0. The van der Waals surface area contributed by atoms with Gasteiger partial charge in [-0.2, -0.15) is 0 Å².